The second-order valence-electron chi connectivity index (χ2n) is 5.65. The molecule has 0 aliphatic carbocycles. The van der Waals surface area contributed by atoms with Gasteiger partial charge in [-0.1, -0.05) is 6.92 Å². The third-order valence-electron chi connectivity index (χ3n) is 3.68. The summed E-state index contributed by atoms with van der Waals surface area (Å²) < 4.78 is 10.6. The van der Waals surface area contributed by atoms with Gasteiger partial charge in [0.25, 0.3) is 0 Å². The van der Waals surface area contributed by atoms with Crippen molar-refractivity contribution in [2.45, 2.75) is 26.3 Å². The van der Waals surface area contributed by atoms with Crippen LogP contribution in [-0.4, -0.2) is 44.2 Å². The van der Waals surface area contributed by atoms with Gasteiger partial charge in [0.15, 0.2) is 11.5 Å². The maximum absolute atomic E-state index is 12.0. The summed E-state index contributed by atoms with van der Waals surface area (Å²) in [5, 5.41) is 8.95. The van der Waals surface area contributed by atoms with Gasteiger partial charge in [0, 0.05) is 23.5 Å². The standard InChI is InChI=1S/C18H25N3O3S.2ClH/c1-5-19-12(2)10-20-17(22)9-14-11-25-18(21-14)13-6-7-15(23-3)16(8-13)24-4;;/h6-8,11-12,19H,5,9-10H2,1-4H3,(H,20,22);2*1H/t12-;;/m1../s1. The summed E-state index contributed by atoms with van der Waals surface area (Å²) in [6.07, 6.45) is 0.280. The zero-order valence-corrected chi connectivity index (χ0v) is 18.4. The lowest BCUT2D eigenvalue weighted by atomic mass is 10.2. The van der Waals surface area contributed by atoms with E-state index in [1.807, 2.05) is 37.4 Å². The van der Waals surface area contributed by atoms with Crippen LogP contribution in [0.2, 0.25) is 0 Å². The van der Waals surface area contributed by atoms with Crippen LogP contribution in [0.1, 0.15) is 19.5 Å². The average molecular weight is 436 g/mol. The van der Waals surface area contributed by atoms with Crippen LogP contribution in [0, 0.1) is 0 Å². The third kappa shape index (κ3) is 7.54. The van der Waals surface area contributed by atoms with E-state index in [4.69, 9.17) is 9.47 Å². The van der Waals surface area contributed by atoms with Gasteiger partial charge in [0.2, 0.25) is 5.91 Å². The molecule has 0 bridgehead atoms. The number of nitrogens with zero attached hydrogens (tertiary/aromatic N) is 1. The number of methoxy groups -OCH3 is 2. The molecule has 1 aromatic carbocycles. The van der Waals surface area contributed by atoms with E-state index in [0.717, 1.165) is 22.8 Å². The SMILES string of the molecule is CCN[C@H](C)CNC(=O)Cc1csc(-c2ccc(OC)c(OC)c2)n1.Cl.Cl. The summed E-state index contributed by atoms with van der Waals surface area (Å²) in [6.45, 7) is 5.59. The molecule has 0 radical (unpaired) electrons. The fraction of sp³-hybridized carbons (Fsp3) is 0.444. The number of carbonyl (C=O) groups excluding carboxylic acids is 1. The Bertz CT molecular complexity index is 713. The van der Waals surface area contributed by atoms with Crippen molar-refractivity contribution in [3.8, 4) is 22.1 Å². The lowest BCUT2D eigenvalue weighted by Crippen LogP contribution is -2.39. The molecule has 0 spiro atoms. The summed E-state index contributed by atoms with van der Waals surface area (Å²) in [4.78, 5) is 16.6. The normalized spacial score (nSPS) is 11.0. The van der Waals surface area contributed by atoms with Crippen molar-refractivity contribution in [2.75, 3.05) is 27.3 Å². The first-order valence-corrected chi connectivity index (χ1v) is 9.12. The minimum absolute atomic E-state index is 0. The van der Waals surface area contributed by atoms with E-state index in [1.54, 1.807) is 14.2 Å². The molecule has 1 atom stereocenters. The highest BCUT2D eigenvalue weighted by Gasteiger charge is 2.12. The van der Waals surface area contributed by atoms with Gasteiger partial charge < -0.3 is 20.1 Å². The van der Waals surface area contributed by atoms with Crippen LogP contribution in [0.3, 0.4) is 0 Å². The lowest BCUT2D eigenvalue weighted by molar-refractivity contribution is -0.120. The van der Waals surface area contributed by atoms with Crippen molar-refractivity contribution >= 4 is 42.1 Å². The molecular formula is C18H27Cl2N3O3S. The van der Waals surface area contributed by atoms with E-state index in [0.29, 0.717) is 18.0 Å². The maximum Gasteiger partial charge on any atom is 0.226 e. The van der Waals surface area contributed by atoms with E-state index in [1.165, 1.54) is 11.3 Å². The molecule has 1 aromatic heterocycles. The van der Waals surface area contributed by atoms with Crippen molar-refractivity contribution in [3.05, 3.63) is 29.3 Å². The summed E-state index contributed by atoms with van der Waals surface area (Å²) in [6, 6.07) is 5.93. The molecule has 9 heteroatoms. The Kier molecular flexibility index (Phi) is 12.0. The Balaban J connectivity index is 0.00000338. The van der Waals surface area contributed by atoms with E-state index in [-0.39, 0.29) is 43.2 Å². The van der Waals surface area contributed by atoms with Crippen LogP contribution in [0.5, 0.6) is 11.5 Å². The highest BCUT2D eigenvalue weighted by atomic mass is 35.5. The Morgan fingerprint density at radius 3 is 2.56 bits per heavy atom. The van der Waals surface area contributed by atoms with Gasteiger partial charge in [-0.15, -0.1) is 36.2 Å². The van der Waals surface area contributed by atoms with Gasteiger partial charge in [-0.05, 0) is 31.7 Å². The first kappa shape index (κ1) is 25.5. The van der Waals surface area contributed by atoms with Gasteiger partial charge in [-0.3, -0.25) is 4.79 Å². The minimum Gasteiger partial charge on any atom is -0.493 e. The second kappa shape index (κ2) is 12.8. The largest absolute Gasteiger partial charge is 0.493 e. The van der Waals surface area contributed by atoms with E-state index >= 15 is 0 Å². The summed E-state index contributed by atoms with van der Waals surface area (Å²) in [5.74, 6) is 1.32. The van der Waals surface area contributed by atoms with Crippen LogP contribution in [0.4, 0.5) is 0 Å². The number of hydrogen-bond acceptors (Lipinski definition) is 6. The van der Waals surface area contributed by atoms with E-state index < -0.39 is 0 Å². The number of halogens is 2. The zero-order valence-electron chi connectivity index (χ0n) is 15.9. The predicted octanol–water partition coefficient (Wildman–Crippen LogP) is 3.33. The maximum atomic E-state index is 12.0. The number of likely N-dealkylation sites (N-methyl/N-ethyl adjacent to an activating group) is 1. The molecule has 1 amide bonds. The monoisotopic (exact) mass is 435 g/mol. The van der Waals surface area contributed by atoms with Crippen LogP contribution in [0.25, 0.3) is 10.6 Å². The Hall–Kier alpha value is -1.54. The fourth-order valence-corrected chi connectivity index (χ4v) is 3.22. The van der Waals surface area contributed by atoms with Crippen molar-refractivity contribution in [1.82, 2.24) is 15.6 Å². The molecule has 1 heterocycles. The number of amides is 1. The van der Waals surface area contributed by atoms with Gasteiger partial charge >= 0.3 is 0 Å². The lowest BCUT2D eigenvalue weighted by Gasteiger charge is -2.12. The first-order chi connectivity index (χ1) is 12.1. The second-order valence-corrected chi connectivity index (χ2v) is 6.51. The number of aromatic nitrogens is 1. The molecule has 0 aliphatic rings. The third-order valence-corrected chi connectivity index (χ3v) is 4.62. The van der Waals surface area contributed by atoms with Crippen molar-refractivity contribution in [1.29, 1.82) is 0 Å². The Labute approximate surface area is 176 Å². The van der Waals surface area contributed by atoms with E-state index in [9.17, 15) is 4.79 Å². The Morgan fingerprint density at radius 2 is 1.93 bits per heavy atom. The van der Waals surface area contributed by atoms with Crippen LogP contribution in [-0.2, 0) is 11.2 Å². The summed E-state index contributed by atoms with van der Waals surface area (Å²) in [5.41, 5.74) is 1.71. The van der Waals surface area contributed by atoms with Crippen LogP contribution >= 0.6 is 36.2 Å². The highest BCUT2D eigenvalue weighted by Crippen LogP contribution is 2.33. The summed E-state index contributed by atoms with van der Waals surface area (Å²) in [7, 11) is 3.21. The quantitative estimate of drug-likeness (QED) is 0.631. The molecule has 0 aliphatic heterocycles. The number of nitrogens with one attached hydrogen (secondary N) is 2. The van der Waals surface area contributed by atoms with Crippen LogP contribution in [0.15, 0.2) is 23.6 Å². The highest BCUT2D eigenvalue weighted by molar-refractivity contribution is 7.13. The molecule has 0 saturated heterocycles. The van der Waals surface area contributed by atoms with Gasteiger partial charge in [0.1, 0.15) is 5.01 Å². The molecule has 0 saturated carbocycles. The van der Waals surface area contributed by atoms with E-state index in [2.05, 4.69) is 15.6 Å². The van der Waals surface area contributed by atoms with Crippen molar-refractivity contribution in [2.24, 2.45) is 0 Å². The van der Waals surface area contributed by atoms with Crippen molar-refractivity contribution < 1.29 is 14.3 Å². The zero-order chi connectivity index (χ0) is 18.2. The molecule has 6 nitrogen and oxygen atoms in total. The number of benzene rings is 1. The van der Waals surface area contributed by atoms with Crippen LogP contribution < -0.4 is 20.1 Å². The number of thiazole rings is 1. The molecule has 152 valence electrons. The molecule has 2 aromatic rings. The average Bonchev–Trinajstić information content (AvgIpc) is 3.08. The fourth-order valence-electron chi connectivity index (χ4n) is 2.40. The molecular weight excluding hydrogens is 409 g/mol. The number of carbonyl (C=O) groups is 1. The molecule has 0 fully saturated rings. The number of ether oxygens (including phenoxy) is 2. The summed E-state index contributed by atoms with van der Waals surface area (Å²) >= 11 is 1.51. The molecule has 2 rings (SSSR count). The number of rotatable bonds is 9. The first-order valence-electron chi connectivity index (χ1n) is 8.24. The van der Waals surface area contributed by atoms with Gasteiger partial charge in [-0.25, -0.2) is 4.98 Å². The van der Waals surface area contributed by atoms with Gasteiger partial charge in [-0.2, -0.15) is 0 Å². The topological polar surface area (TPSA) is 72.5 Å². The molecule has 2 N–H and O–H groups in total. The molecule has 0 unspecified atom stereocenters. The Morgan fingerprint density at radius 1 is 1.22 bits per heavy atom. The number of hydrogen-bond donors (Lipinski definition) is 2. The van der Waals surface area contributed by atoms with Gasteiger partial charge in [0.05, 0.1) is 26.3 Å². The van der Waals surface area contributed by atoms with Crippen molar-refractivity contribution in [3.63, 3.8) is 0 Å². The molecule has 27 heavy (non-hydrogen) atoms. The smallest absolute Gasteiger partial charge is 0.226 e. The minimum atomic E-state index is -0.0195. The predicted molar refractivity (Wildman–Crippen MR) is 115 cm³/mol.